The maximum Gasteiger partial charge on any atom is 0.0964 e. The summed E-state index contributed by atoms with van der Waals surface area (Å²) >= 11 is 12.3. The van der Waals surface area contributed by atoms with E-state index in [1.165, 1.54) is 12.8 Å². The van der Waals surface area contributed by atoms with Crippen LogP contribution in [-0.2, 0) is 11.2 Å². The molecule has 0 radical (unpaired) electrons. The largest absolute Gasteiger partial charge is 0.390 e. The van der Waals surface area contributed by atoms with Crippen molar-refractivity contribution in [2.45, 2.75) is 37.5 Å². The lowest BCUT2D eigenvalue weighted by Gasteiger charge is -2.37. The van der Waals surface area contributed by atoms with Gasteiger partial charge in [0.2, 0.25) is 0 Å². The quantitative estimate of drug-likeness (QED) is 0.931. The number of morpholine rings is 1. The van der Waals surface area contributed by atoms with Crippen LogP contribution in [-0.4, -0.2) is 48.0 Å². The fourth-order valence-corrected chi connectivity index (χ4v) is 3.70. The van der Waals surface area contributed by atoms with E-state index in [4.69, 9.17) is 27.9 Å². The molecule has 0 aliphatic carbocycles. The first-order valence-corrected chi connectivity index (χ1v) is 7.87. The van der Waals surface area contributed by atoms with Gasteiger partial charge >= 0.3 is 0 Å². The highest BCUT2D eigenvalue weighted by molar-refractivity contribution is 6.35. The first-order valence-electron chi connectivity index (χ1n) is 7.12. The van der Waals surface area contributed by atoms with E-state index >= 15 is 0 Å². The van der Waals surface area contributed by atoms with Gasteiger partial charge in [0.1, 0.15) is 0 Å². The summed E-state index contributed by atoms with van der Waals surface area (Å²) in [5.41, 5.74) is 0.801. The Bertz CT molecular complexity index is 463. The van der Waals surface area contributed by atoms with Gasteiger partial charge in [-0.05, 0) is 37.1 Å². The molecule has 20 heavy (non-hydrogen) atoms. The second-order valence-electron chi connectivity index (χ2n) is 5.63. The zero-order chi connectivity index (χ0) is 14.1. The van der Waals surface area contributed by atoms with E-state index in [0.29, 0.717) is 22.5 Å². The molecule has 0 spiro atoms. The van der Waals surface area contributed by atoms with Gasteiger partial charge in [0.15, 0.2) is 0 Å². The molecule has 0 aromatic heterocycles. The number of hydrogen-bond acceptors (Lipinski definition) is 3. The summed E-state index contributed by atoms with van der Waals surface area (Å²) < 4.78 is 5.83. The normalized spacial score (nSPS) is 28.4. The molecule has 3 rings (SSSR count). The Kier molecular flexibility index (Phi) is 4.53. The van der Waals surface area contributed by atoms with Crippen LogP contribution in [0.1, 0.15) is 18.4 Å². The predicted octanol–water partition coefficient (Wildman–Crippen LogP) is 2.76. The number of benzene rings is 1. The van der Waals surface area contributed by atoms with Crippen molar-refractivity contribution in [1.29, 1.82) is 0 Å². The Morgan fingerprint density at radius 1 is 1.35 bits per heavy atom. The van der Waals surface area contributed by atoms with E-state index in [-0.39, 0.29) is 6.10 Å². The zero-order valence-corrected chi connectivity index (χ0v) is 12.8. The summed E-state index contributed by atoms with van der Waals surface area (Å²) in [6, 6.07) is 5.95. The molecule has 1 N–H and O–H groups in total. The molecule has 2 aliphatic heterocycles. The highest BCUT2D eigenvalue weighted by Crippen LogP contribution is 2.28. The fraction of sp³-hybridized carbons (Fsp3) is 0.600. The van der Waals surface area contributed by atoms with Gasteiger partial charge in [-0.2, -0.15) is 0 Å². The fourth-order valence-electron chi connectivity index (χ4n) is 3.14. The van der Waals surface area contributed by atoms with Crippen molar-refractivity contribution in [3.63, 3.8) is 0 Å². The first-order chi connectivity index (χ1) is 9.65. The molecule has 1 aromatic carbocycles. The Morgan fingerprint density at radius 2 is 2.10 bits per heavy atom. The van der Waals surface area contributed by atoms with Crippen LogP contribution in [0.2, 0.25) is 10.0 Å². The summed E-state index contributed by atoms with van der Waals surface area (Å²) in [5.74, 6) is 0. The number of nitrogens with zero attached hydrogens (tertiary/aromatic N) is 1. The lowest BCUT2D eigenvalue weighted by Crippen LogP contribution is -2.50. The Morgan fingerprint density at radius 3 is 2.85 bits per heavy atom. The molecule has 3 atom stereocenters. The van der Waals surface area contributed by atoms with Crippen molar-refractivity contribution in [1.82, 2.24) is 4.90 Å². The average molecular weight is 316 g/mol. The SMILES string of the molecule is OC(Cc1c(Cl)cccc1Cl)C1CN2CCCC2CO1. The molecule has 5 heteroatoms. The molecule has 0 saturated carbocycles. The minimum Gasteiger partial charge on any atom is -0.390 e. The van der Waals surface area contributed by atoms with Crippen molar-refractivity contribution in [3.8, 4) is 0 Å². The summed E-state index contributed by atoms with van der Waals surface area (Å²) in [6.07, 6.45) is 2.14. The molecule has 3 nitrogen and oxygen atoms in total. The Hall–Kier alpha value is -0.320. The Balaban J connectivity index is 1.66. The number of hydrogen-bond donors (Lipinski definition) is 1. The number of aliphatic hydroxyl groups excluding tert-OH is 1. The van der Waals surface area contributed by atoms with Crippen molar-refractivity contribution in [3.05, 3.63) is 33.8 Å². The maximum absolute atomic E-state index is 10.4. The van der Waals surface area contributed by atoms with Gasteiger partial charge < -0.3 is 9.84 Å². The minimum atomic E-state index is -0.575. The molecule has 2 saturated heterocycles. The number of halogens is 2. The van der Waals surface area contributed by atoms with Gasteiger partial charge in [0.25, 0.3) is 0 Å². The lowest BCUT2D eigenvalue weighted by molar-refractivity contribution is -0.101. The summed E-state index contributed by atoms with van der Waals surface area (Å²) in [7, 11) is 0. The van der Waals surface area contributed by atoms with Gasteiger partial charge in [0, 0.05) is 29.1 Å². The van der Waals surface area contributed by atoms with E-state index in [2.05, 4.69) is 4.90 Å². The molecule has 3 unspecified atom stereocenters. The van der Waals surface area contributed by atoms with E-state index < -0.39 is 6.10 Å². The zero-order valence-electron chi connectivity index (χ0n) is 11.3. The minimum absolute atomic E-state index is 0.156. The molecule has 1 aromatic rings. The van der Waals surface area contributed by atoms with E-state index in [1.54, 1.807) is 12.1 Å². The van der Waals surface area contributed by atoms with Crippen molar-refractivity contribution < 1.29 is 9.84 Å². The standard InChI is InChI=1S/C15H19Cl2NO2/c16-12-4-1-5-13(17)11(12)7-14(19)15-8-18-6-2-3-10(18)9-20-15/h1,4-5,10,14-15,19H,2-3,6-9H2. The molecular weight excluding hydrogens is 297 g/mol. The molecule has 0 amide bonds. The average Bonchev–Trinajstić information content (AvgIpc) is 2.90. The predicted molar refractivity (Wildman–Crippen MR) is 80.5 cm³/mol. The van der Waals surface area contributed by atoms with Gasteiger partial charge in [-0.25, -0.2) is 0 Å². The van der Waals surface area contributed by atoms with Crippen LogP contribution >= 0.6 is 23.2 Å². The van der Waals surface area contributed by atoms with Crippen molar-refractivity contribution >= 4 is 23.2 Å². The number of fused-ring (bicyclic) bond motifs is 1. The van der Waals surface area contributed by atoms with Crippen LogP contribution in [0.5, 0.6) is 0 Å². The van der Waals surface area contributed by atoms with E-state index in [9.17, 15) is 5.11 Å². The summed E-state index contributed by atoms with van der Waals surface area (Å²) in [4.78, 5) is 2.42. The van der Waals surface area contributed by atoms with Crippen LogP contribution in [0.25, 0.3) is 0 Å². The lowest BCUT2D eigenvalue weighted by atomic mass is 10.0. The number of aliphatic hydroxyl groups is 1. The van der Waals surface area contributed by atoms with Gasteiger partial charge in [-0.15, -0.1) is 0 Å². The third kappa shape index (κ3) is 2.97. The van der Waals surface area contributed by atoms with Crippen molar-refractivity contribution in [2.24, 2.45) is 0 Å². The van der Waals surface area contributed by atoms with Crippen molar-refractivity contribution in [2.75, 3.05) is 19.7 Å². The molecule has 2 aliphatic rings. The van der Waals surface area contributed by atoms with Gasteiger partial charge in [0.05, 0.1) is 18.8 Å². The van der Waals surface area contributed by atoms with Crippen LogP contribution in [0.3, 0.4) is 0 Å². The Labute approximate surface area is 129 Å². The van der Waals surface area contributed by atoms with Crippen LogP contribution < -0.4 is 0 Å². The summed E-state index contributed by atoms with van der Waals surface area (Å²) in [6.45, 7) is 2.63. The second-order valence-corrected chi connectivity index (χ2v) is 6.45. The van der Waals surface area contributed by atoms with Gasteiger partial charge in [-0.1, -0.05) is 29.3 Å². The molecule has 110 valence electrons. The van der Waals surface area contributed by atoms with Crippen LogP contribution in [0.15, 0.2) is 18.2 Å². The third-order valence-corrected chi connectivity index (χ3v) is 5.03. The molecule has 0 bridgehead atoms. The van der Waals surface area contributed by atoms with E-state index in [1.807, 2.05) is 6.07 Å². The molecule has 2 fully saturated rings. The smallest absolute Gasteiger partial charge is 0.0964 e. The third-order valence-electron chi connectivity index (χ3n) is 4.32. The highest BCUT2D eigenvalue weighted by Gasteiger charge is 2.35. The topological polar surface area (TPSA) is 32.7 Å². The number of rotatable bonds is 3. The molecule has 2 heterocycles. The van der Waals surface area contributed by atoms with Crippen LogP contribution in [0.4, 0.5) is 0 Å². The molecular formula is C15H19Cl2NO2. The first kappa shape index (κ1) is 14.6. The van der Waals surface area contributed by atoms with E-state index in [0.717, 1.165) is 25.3 Å². The number of ether oxygens (including phenoxy) is 1. The monoisotopic (exact) mass is 315 g/mol. The summed E-state index contributed by atoms with van der Waals surface area (Å²) in [5, 5.41) is 11.6. The second kappa shape index (κ2) is 6.20. The highest BCUT2D eigenvalue weighted by atomic mass is 35.5. The van der Waals surface area contributed by atoms with Crippen LogP contribution in [0, 0.1) is 0 Å². The van der Waals surface area contributed by atoms with Gasteiger partial charge in [-0.3, -0.25) is 4.90 Å². The maximum atomic E-state index is 10.4.